The lowest BCUT2D eigenvalue weighted by molar-refractivity contribution is 0.299. The van der Waals surface area contributed by atoms with Crippen LogP contribution in [0.2, 0.25) is 0 Å². The molecule has 0 aliphatic carbocycles. The molecule has 0 amide bonds. The van der Waals surface area contributed by atoms with Crippen molar-refractivity contribution in [2.24, 2.45) is 5.73 Å². The SMILES string of the molecule is Cc1cc(Br)cc(CC(C)N)c1OCc1cccc(F)c1. The number of ether oxygens (including phenoxy) is 1. The molecule has 0 aliphatic rings. The summed E-state index contributed by atoms with van der Waals surface area (Å²) in [5.74, 6) is 0.583. The molecule has 0 aromatic heterocycles. The van der Waals surface area contributed by atoms with Gasteiger partial charge in [0.2, 0.25) is 0 Å². The molecule has 0 fully saturated rings. The Hall–Kier alpha value is -1.39. The Balaban J connectivity index is 2.22. The van der Waals surface area contributed by atoms with Crippen molar-refractivity contribution < 1.29 is 9.13 Å². The third kappa shape index (κ3) is 4.55. The molecule has 0 spiro atoms. The summed E-state index contributed by atoms with van der Waals surface area (Å²) in [7, 11) is 0. The van der Waals surface area contributed by atoms with E-state index >= 15 is 0 Å². The fraction of sp³-hybridized carbons (Fsp3) is 0.294. The maximum atomic E-state index is 13.2. The van der Waals surface area contributed by atoms with Gasteiger partial charge < -0.3 is 10.5 Å². The van der Waals surface area contributed by atoms with Gasteiger partial charge in [0.1, 0.15) is 18.2 Å². The van der Waals surface area contributed by atoms with Gasteiger partial charge in [-0.1, -0.05) is 28.1 Å². The maximum absolute atomic E-state index is 13.2. The molecular formula is C17H19BrFNO. The monoisotopic (exact) mass is 351 g/mol. The summed E-state index contributed by atoms with van der Waals surface area (Å²) in [6, 6.07) is 10.5. The fourth-order valence-electron chi connectivity index (χ4n) is 2.29. The van der Waals surface area contributed by atoms with Crippen molar-refractivity contribution in [2.75, 3.05) is 0 Å². The summed E-state index contributed by atoms with van der Waals surface area (Å²) < 4.78 is 20.1. The number of benzene rings is 2. The van der Waals surface area contributed by atoms with Gasteiger partial charge in [-0.05, 0) is 61.2 Å². The van der Waals surface area contributed by atoms with Crippen LogP contribution in [0.3, 0.4) is 0 Å². The molecule has 112 valence electrons. The van der Waals surface area contributed by atoms with E-state index in [-0.39, 0.29) is 11.9 Å². The highest BCUT2D eigenvalue weighted by atomic mass is 79.9. The third-order valence-corrected chi connectivity index (χ3v) is 3.59. The first-order chi connectivity index (χ1) is 9.95. The predicted molar refractivity (Wildman–Crippen MR) is 87.0 cm³/mol. The zero-order valence-corrected chi connectivity index (χ0v) is 13.8. The Kier molecular flexibility index (Phi) is 5.37. The highest BCUT2D eigenvalue weighted by molar-refractivity contribution is 9.10. The van der Waals surface area contributed by atoms with Crippen molar-refractivity contribution in [3.63, 3.8) is 0 Å². The zero-order chi connectivity index (χ0) is 15.4. The molecule has 0 bridgehead atoms. The van der Waals surface area contributed by atoms with Crippen molar-refractivity contribution in [1.29, 1.82) is 0 Å². The van der Waals surface area contributed by atoms with E-state index in [1.165, 1.54) is 12.1 Å². The predicted octanol–water partition coefficient (Wildman–Crippen LogP) is 4.37. The Morgan fingerprint density at radius 1 is 1.29 bits per heavy atom. The van der Waals surface area contributed by atoms with Crippen LogP contribution in [0.5, 0.6) is 5.75 Å². The summed E-state index contributed by atoms with van der Waals surface area (Å²) in [5, 5.41) is 0. The Labute approximate surface area is 133 Å². The third-order valence-electron chi connectivity index (χ3n) is 3.13. The average Bonchev–Trinajstić information content (AvgIpc) is 2.36. The van der Waals surface area contributed by atoms with E-state index in [0.717, 1.165) is 33.3 Å². The summed E-state index contributed by atoms with van der Waals surface area (Å²) >= 11 is 3.50. The lowest BCUT2D eigenvalue weighted by Gasteiger charge is -2.16. The first-order valence-corrected chi connectivity index (χ1v) is 7.67. The molecule has 1 unspecified atom stereocenters. The molecule has 2 aromatic carbocycles. The highest BCUT2D eigenvalue weighted by Crippen LogP contribution is 2.29. The molecule has 0 radical (unpaired) electrons. The molecule has 4 heteroatoms. The lowest BCUT2D eigenvalue weighted by Crippen LogP contribution is -2.18. The standard InChI is InChI=1S/C17H19BrFNO/c1-11-6-15(18)9-14(7-12(2)20)17(11)21-10-13-4-3-5-16(19)8-13/h3-6,8-9,12H,7,10,20H2,1-2H3. The second-order valence-electron chi connectivity index (χ2n) is 5.31. The number of nitrogens with two attached hydrogens (primary N) is 1. The van der Waals surface area contributed by atoms with Crippen LogP contribution in [0.1, 0.15) is 23.6 Å². The molecule has 2 nitrogen and oxygen atoms in total. The van der Waals surface area contributed by atoms with Crippen LogP contribution in [0.25, 0.3) is 0 Å². The van der Waals surface area contributed by atoms with Gasteiger partial charge in [0.05, 0.1) is 0 Å². The normalized spacial score (nSPS) is 12.2. The summed E-state index contributed by atoms with van der Waals surface area (Å²) in [6.07, 6.45) is 0.735. The molecule has 2 N–H and O–H groups in total. The van der Waals surface area contributed by atoms with E-state index in [9.17, 15) is 4.39 Å². The Bertz CT molecular complexity index is 628. The smallest absolute Gasteiger partial charge is 0.126 e. The minimum Gasteiger partial charge on any atom is -0.488 e. The Morgan fingerprint density at radius 3 is 2.71 bits per heavy atom. The van der Waals surface area contributed by atoms with Gasteiger partial charge in [-0.3, -0.25) is 0 Å². The molecule has 0 saturated heterocycles. The molecule has 2 aromatic rings. The second-order valence-corrected chi connectivity index (χ2v) is 6.23. The molecule has 2 rings (SSSR count). The van der Waals surface area contributed by atoms with E-state index in [1.807, 2.05) is 32.0 Å². The number of aryl methyl sites for hydroxylation is 1. The van der Waals surface area contributed by atoms with Gasteiger partial charge >= 0.3 is 0 Å². The van der Waals surface area contributed by atoms with Gasteiger partial charge in [-0.2, -0.15) is 0 Å². The number of halogens is 2. The minimum absolute atomic E-state index is 0.0511. The molecule has 1 atom stereocenters. The van der Waals surface area contributed by atoms with E-state index < -0.39 is 0 Å². The largest absolute Gasteiger partial charge is 0.488 e. The van der Waals surface area contributed by atoms with Crippen LogP contribution in [-0.4, -0.2) is 6.04 Å². The first-order valence-electron chi connectivity index (χ1n) is 6.87. The number of hydrogen-bond acceptors (Lipinski definition) is 2. The van der Waals surface area contributed by atoms with E-state index in [4.69, 9.17) is 10.5 Å². The van der Waals surface area contributed by atoms with Gasteiger partial charge in [0.25, 0.3) is 0 Å². The summed E-state index contributed by atoms with van der Waals surface area (Å²) in [6.45, 7) is 4.30. The molecule has 21 heavy (non-hydrogen) atoms. The molecule has 0 saturated carbocycles. The van der Waals surface area contributed by atoms with E-state index in [2.05, 4.69) is 15.9 Å². The number of rotatable bonds is 5. The topological polar surface area (TPSA) is 35.2 Å². The quantitative estimate of drug-likeness (QED) is 0.868. The van der Waals surface area contributed by atoms with Crippen molar-refractivity contribution >= 4 is 15.9 Å². The van der Waals surface area contributed by atoms with Crippen molar-refractivity contribution in [3.05, 3.63) is 63.4 Å². The first kappa shape index (κ1) is 16.0. The second kappa shape index (κ2) is 7.05. The van der Waals surface area contributed by atoms with Crippen molar-refractivity contribution in [3.8, 4) is 5.75 Å². The van der Waals surface area contributed by atoms with Crippen LogP contribution < -0.4 is 10.5 Å². The maximum Gasteiger partial charge on any atom is 0.126 e. The van der Waals surface area contributed by atoms with Gasteiger partial charge in [-0.15, -0.1) is 0 Å². The van der Waals surface area contributed by atoms with Crippen molar-refractivity contribution in [1.82, 2.24) is 0 Å². The van der Waals surface area contributed by atoms with E-state index in [1.54, 1.807) is 6.07 Å². The van der Waals surface area contributed by atoms with Gasteiger partial charge in [0.15, 0.2) is 0 Å². The zero-order valence-electron chi connectivity index (χ0n) is 12.2. The minimum atomic E-state index is -0.251. The number of hydrogen-bond donors (Lipinski definition) is 1. The van der Waals surface area contributed by atoms with E-state index in [0.29, 0.717) is 6.61 Å². The fourth-order valence-corrected chi connectivity index (χ4v) is 2.91. The van der Waals surface area contributed by atoms with Crippen LogP contribution in [-0.2, 0) is 13.0 Å². The Morgan fingerprint density at radius 2 is 2.05 bits per heavy atom. The van der Waals surface area contributed by atoms with Crippen LogP contribution >= 0.6 is 15.9 Å². The van der Waals surface area contributed by atoms with Crippen LogP contribution in [0.4, 0.5) is 4.39 Å². The average molecular weight is 352 g/mol. The van der Waals surface area contributed by atoms with Gasteiger partial charge in [-0.25, -0.2) is 4.39 Å². The molecule has 0 aliphatic heterocycles. The lowest BCUT2D eigenvalue weighted by atomic mass is 10.0. The van der Waals surface area contributed by atoms with Gasteiger partial charge in [0, 0.05) is 10.5 Å². The van der Waals surface area contributed by atoms with Crippen LogP contribution in [0.15, 0.2) is 40.9 Å². The van der Waals surface area contributed by atoms with Crippen LogP contribution in [0, 0.1) is 12.7 Å². The summed E-state index contributed by atoms with van der Waals surface area (Å²) in [5.41, 5.74) is 8.81. The van der Waals surface area contributed by atoms with Crippen molar-refractivity contribution in [2.45, 2.75) is 32.9 Å². The molecular weight excluding hydrogens is 333 g/mol. The summed E-state index contributed by atoms with van der Waals surface area (Å²) in [4.78, 5) is 0. The highest BCUT2D eigenvalue weighted by Gasteiger charge is 2.11. The molecule has 0 heterocycles.